The summed E-state index contributed by atoms with van der Waals surface area (Å²) in [6.07, 6.45) is 1.68. The van der Waals surface area contributed by atoms with Crippen molar-refractivity contribution in [3.63, 3.8) is 0 Å². The van der Waals surface area contributed by atoms with Gasteiger partial charge in [0, 0.05) is 11.8 Å². The average Bonchev–Trinajstić information content (AvgIpc) is 2.30. The highest BCUT2D eigenvalue weighted by Gasteiger charge is 2.04. The van der Waals surface area contributed by atoms with Crippen LogP contribution in [0.5, 0.6) is 5.75 Å². The molecule has 0 saturated carbocycles. The van der Waals surface area contributed by atoms with Crippen LogP contribution in [-0.2, 0) is 6.61 Å². The Morgan fingerprint density at radius 3 is 2.75 bits per heavy atom. The quantitative estimate of drug-likeness (QED) is 0.803. The molecule has 0 aliphatic carbocycles. The van der Waals surface area contributed by atoms with Gasteiger partial charge in [0.05, 0.1) is 0 Å². The molecule has 0 spiro atoms. The molecule has 1 aromatic heterocycles. The van der Waals surface area contributed by atoms with E-state index in [9.17, 15) is 4.39 Å². The van der Waals surface area contributed by atoms with Crippen molar-refractivity contribution in [1.82, 2.24) is 4.98 Å². The first-order valence-electron chi connectivity index (χ1n) is 4.74. The number of halogens is 2. The van der Waals surface area contributed by atoms with Crippen LogP contribution in [0.2, 0.25) is 0 Å². The van der Waals surface area contributed by atoms with Crippen molar-refractivity contribution >= 4 is 15.9 Å². The van der Waals surface area contributed by atoms with E-state index in [1.165, 1.54) is 6.07 Å². The molecular formula is C12H9BrFNO. The van der Waals surface area contributed by atoms with E-state index in [-0.39, 0.29) is 18.2 Å². The van der Waals surface area contributed by atoms with Gasteiger partial charge in [0.25, 0.3) is 0 Å². The fourth-order valence-corrected chi connectivity index (χ4v) is 1.61. The van der Waals surface area contributed by atoms with E-state index in [1.807, 2.05) is 12.1 Å². The Morgan fingerprint density at radius 2 is 2.00 bits per heavy atom. The first-order valence-corrected chi connectivity index (χ1v) is 5.53. The van der Waals surface area contributed by atoms with Crippen molar-refractivity contribution in [3.05, 3.63) is 58.6 Å². The van der Waals surface area contributed by atoms with Gasteiger partial charge in [-0.15, -0.1) is 0 Å². The fourth-order valence-electron chi connectivity index (χ4n) is 1.24. The highest BCUT2D eigenvalue weighted by Crippen LogP contribution is 2.19. The molecule has 0 bridgehead atoms. The lowest BCUT2D eigenvalue weighted by Gasteiger charge is -2.07. The monoisotopic (exact) mass is 281 g/mol. The highest BCUT2D eigenvalue weighted by atomic mass is 79.9. The minimum Gasteiger partial charge on any atom is -0.486 e. The number of pyridine rings is 1. The summed E-state index contributed by atoms with van der Waals surface area (Å²) in [7, 11) is 0. The van der Waals surface area contributed by atoms with Gasteiger partial charge in [-0.3, -0.25) is 0 Å². The molecule has 1 heterocycles. The van der Waals surface area contributed by atoms with Gasteiger partial charge >= 0.3 is 0 Å². The van der Waals surface area contributed by atoms with Gasteiger partial charge in [0.1, 0.15) is 11.2 Å². The van der Waals surface area contributed by atoms with Gasteiger partial charge in [-0.05, 0) is 34.1 Å². The standard InChI is InChI=1S/C12H9BrFNO/c13-12-9(4-3-7-15-12)8-16-11-6-2-1-5-10(11)14/h1-7H,8H2. The lowest BCUT2D eigenvalue weighted by Crippen LogP contribution is -1.98. The topological polar surface area (TPSA) is 22.1 Å². The van der Waals surface area contributed by atoms with Crippen molar-refractivity contribution in [2.45, 2.75) is 6.61 Å². The van der Waals surface area contributed by atoms with Crippen LogP contribution in [0.25, 0.3) is 0 Å². The number of benzene rings is 1. The van der Waals surface area contributed by atoms with Crippen LogP contribution in [0.15, 0.2) is 47.2 Å². The third-order valence-electron chi connectivity index (χ3n) is 2.06. The molecule has 0 unspecified atom stereocenters. The number of para-hydroxylation sites is 1. The van der Waals surface area contributed by atoms with Crippen molar-refractivity contribution in [1.29, 1.82) is 0 Å². The third kappa shape index (κ3) is 2.58. The Bertz CT molecular complexity index is 444. The highest BCUT2D eigenvalue weighted by molar-refractivity contribution is 9.10. The summed E-state index contributed by atoms with van der Waals surface area (Å²) in [5, 5.41) is 0. The fraction of sp³-hybridized carbons (Fsp3) is 0.0833. The second-order valence-electron chi connectivity index (χ2n) is 3.17. The van der Waals surface area contributed by atoms with Gasteiger partial charge in [-0.2, -0.15) is 0 Å². The molecule has 0 aliphatic rings. The van der Waals surface area contributed by atoms with E-state index in [0.29, 0.717) is 4.60 Å². The molecule has 0 saturated heterocycles. The van der Waals surface area contributed by atoms with Gasteiger partial charge in [0.15, 0.2) is 11.6 Å². The van der Waals surface area contributed by atoms with Crippen molar-refractivity contribution < 1.29 is 9.13 Å². The Morgan fingerprint density at radius 1 is 1.19 bits per heavy atom. The van der Waals surface area contributed by atoms with E-state index in [4.69, 9.17) is 4.74 Å². The van der Waals surface area contributed by atoms with Gasteiger partial charge in [-0.1, -0.05) is 18.2 Å². The summed E-state index contributed by atoms with van der Waals surface area (Å²) >= 11 is 3.30. The summed E-state index contributed by atoms with van der Waals surface area (Å²) < 4.78 is 19.3. The van der Waals surface area contributed by atoms with Crippen LogP contribution < -0.4 is 4.74 Å². The van der Waals surface area contributed by atoms with E-state index >= 15 is 0 Å². The van der Waals surface area contributed by atoms with E-state index < -0.39 is 0 Å². The Kier molecular flexibility index (Phi) is 3.51. The minimum atomic E-state index is -0.359. The maximum absolute atomic E-state index is 13.2. The second kappa shape index (κ2) is 5.07. The van der Waals surface area contributed by atoms with Gasteiger partial charge in [0.2, 0.25) is 0 Å². The maximum atomic E-state index is 13.2. The second-order valence-corrected chi connectivity index (χ2v) is 3.92. The van der Waals surface area contributed by atoms with Crippen LogP contribution in [0.3, 0.4) is 0 Å². The molecule has 2 aromatic rings. The molecule has 0 amide bonds. The van der Waals surface area contributed by atoms with Gasteiger partial charge in [-0.25, -0.2) is 9.37 Å². The molecule has 2 nitrogen and oxygen atoms in total. The molecule has 16 heavy (non-hydrogen) atoms. The molecule has 0 fully saturated rings. The molecule has 0 radical (unpaired) electrons. The lowest BCUT2D eigenvalue weighted by atomic mass is 10.3. The van der Waals surface area contributed by atoms with Crippen LogP contribution >= 0.6 is 15.9 Å². The summed E-state index contributed by atoms with van der Waals surface area (Å²) in [6, 6.07) is 10.0. The molecule has 2 rings (SSSR count). The first-order chi connectivity index (χ1) is 7.77. The predicted molar refractivity (Wildman–Crippen MR) is 62.7 cm³/mol. The number of hydrogen-bond donors (Lipinski definition) is 0. The number of nitrogens with zero attached hydrogens (tertiary/aromatic N) is 1. The zero-order valence-electron chi connectivity index (χ0n) is 8.36. The number of ether oxygens (including phenoxy) is 1. The SMILES string of the molecule is Fc1ccccc1OCc1cccnc1Br. The maximum Gasteiger partial charge on any atom is 0.165 e. The summed E-state index contributed by atoms with van der Waals surface area (Å²) in [6.45, 7) is 0.287. The van der Waals surface area contributed by atoms with Crippen molar-refractivity contribution in [2.24, 2.45) is 0 Å². The smallest absolute Gasteiger partial charge is 0.165 e. The van der Waals surface area contributed by atoms with Gasteiger partial charge < -0.3 is 4.74 Å². The normalized spacial score (nSPS) is 10.1. The Hall–Kier alpha value is -1.42. The molecule has 0 N–H and O–H groups in total. The van der Waals surface area contributed by atoms with E-state index in [2.05, 4.69) is 20.9 Å². The third-order valence-corrected chi connectivity index (χ3v) is 2.77. The van der Waals surface area contributed by atoms with Crippen LogP contribution in [-0.4, -0.2) is 4.98 Å². The summed E-state index contributed by atoms with van der Waals surface area (Å²) in [4.78, 5) is 4.06. The number of aromatic nitrogens is 1. The Labute approximate surface area is 101 Å². The lowest BCUT2D eigenvalue weighted by molar-refractivity contribution is 0.289. The largest absolute Gasteiger partial charge is 0.486 e. The molecule has 1 aromatic carbocycles. The molecule has 82 valence electrons. The van der Waals surface area contributed by atoms with Crippen LogP contribution in [0, 0.1) is 5.82 Å². The van der Waals surface area contributed by atoms with Crippen molar-refractivity contribution in [2.75, 3.05) is 0 Å². The summed E-state index contributed by atoms with van der Waals surface area (Å²) in [5.41, 5.74) is 0.880. The molecule has 0 atom stereocenters. The van der Waals surface area contributed by atoms with Crippen LogP contribution in [0.1, 0.15) is 5.56 Å². The summed E-state index contributed by atoms with van der Waals surface area (Å²) in [5.74, 6) is -0.110. The Balaban J connectivity index is 2.09. The predicted octanol–water partition coefficient (Wildman–Crippen LogP) is 3.56. The zero-order valence-corrected chi connectivity index (χ0v) is 9.95. The van der Waals surface area contributed by atoms with E-state index in [1.54, 1.807) is 24.4 Å². The number of hydrogen-bond acceptors (Lipinski definition) is 2. The zero-order chi connectivity index (χ0) is 11.4. The minimum absolute atomic E-state index is 0.248. The molecule has 4 heteroatoms. The molecule has 0 aliphatic heterocycles. The average molecular weight is 282 g/mol. The first kappa shape index (κ1) is 11.1. The number of rotatable bonds is 3. The molecular weight excluding hydrogens is 273 g/mol. The van der Waals surface area contributed by atoms with E-state index in [0.717, 1.165) is 5.56 Å². The van der Waals surface area contributed by atoms with Crippen LogP contribution in [0.4, 0.5) is 4.39 Å². The van der Waals surface area contributed by atoms with Crippen molar-refractivity contribution in [3.8, 4) is 5.75 Å².